The fourth-order valence-electron chi connectivity index (χ4n) is 2.87. The number of nitrogens with two attached hydrogens (primary N) is 1. The first kappa shape index (κ1) is 16.1. The molecule has 0 aliphatic carbocycles. The van der Waals surface area contributed by atoms with Crippen LogP contribution < -0.4 is 5.73 Å². The van der Waals surface area contributed by atoms with E-state index in [0.29, 0.717) is 5.96 Å². The fourth-order valence-corrected chi connectivity index (χ4v) is 3.09. The summed E-state index contributed by atoms with van der Waals surface area (Å²) < 4.78 is 0. The molecule has 0 aromatic heterocycles. The van der Waals surface area contributed by atoms with Crippen LogP contribution in [-0.4, -0.2) is 48.5 Å². The summed E-state index contributed by atoms with van der Waals surface area (Å²) >= 11 is 6.06. The molecule has 1 atom stereocenters. The molecule has 1 aliphatic rings. The van der Waals surface area contributed by atoms with E-state index in [1.54, 1.807) is 0 Å². The van der Waals surface area contributed by atoms with Crippen LogP contribution in [0, 0.1) is 6.92 Å². The quantitative estimate of drug-likeness (QED) is 0.879. The van der Waals surface area contributed by atoms with E-state index in [9.17, 15) is 0 Å². The highest BCUT2D eigenvalue weighted by Crippen LogP contribution is 2.29. The van der Waals surface area contributed by atoms with Gasteiger partial charge in [0.25, 0.3) is 0 Å². The minimum absolute atomic E-state index is 0.234. The van der Waals surface area contributed by atoms with Gasteiger partial charge in [0.15, 0.2) is 5.96 Å². The standard InChI is InChI=1S/C16H25ClN4/c1-4-20(5-2)8-9-21-15(11-19-16(21)18)14-7-6-13(17)10-12(14)3/h6-7,10,15H,4-5,8-9,11H2,1-3H3,(H2,18,19). The molecule has 2 rings (SSSR count). The highest BCUT2D eigenvalue weighted by molar-refractivity contribution is 6.30. The number of guanidine groups is 1. The highest BCUT2D eigenvalue weighted by atomic mass is 35.5. The van der Waals surface area contributed by atoms with Gasteiger partial charge in [-0.1, -0.05) is 31.5 Å². The molecule has 1 unspecified atom stereocenters. The first-order valence-electron chi connectivity index (χ1n) is 7.61. The Morgan fingerprint density at radius 3 is 2.71 bits per heavy atom. The summed E-state index contributed by atoms with van der Waals surface area (Å²) in [5.41, 5.74) is 8.55. The molecule has 0 saturated carbocycles. The molecule has 0 radical (unpaired) electrons. The molecule has 0 bridgehead atoms. The summed E-state index contributed by atoms with van der Waals surface area (Å²) in [6, 6.07) is 6.29. The van der Waals surface area contributed by atoms with Crippen molar-refractivity contribution in [3.05, 3.63) is 34.3 Å². The maximum absolute atomic E-state index is 6.09. The largest absolute Gasteiger partial charge is 0.370 e. The molecular weight excluding hydrogens is 284 g/mol. The summed E-state index contributed by atoms with van der Waals surface area (Å²) in [4.78, 5) is 9.05. The predicted octanol–water partition coefficient (Wildman–Crippen LogP) is 2.66. The second-order valence-corrected chi connectivity index (χ2v) is 5.87. The average Bonchev–Trinajstić information content (AvgIpc) is 2.81. The number of aryl methyl sites for hydroxylation is 1. The Bertz CT molecular complexity index is 511. The van der Waals surface area contributed by atoms with Gasteiger partial charge in [0.1, 0.15) is 0 Å². The van der Waals surface area contributed by atoms with Gasteiger partial charge in [-0.25, -0.2) is 0 Å². The van der Waals surface area contributed by atoms with Crippen molar-refractivity contribution in [1.82, 2.24) is 9.80 Å². The second kappa shape index (κ2) is 7.14. The Kier molecular flexibility index (Phi) is 5.48. The topological polar surface area (TPSA) is 44.9 Å². The lowest BCUT2D eigenvalue weighted by Crippen LogP contribution is -2.41. The van der Waals surface area contributed by atoms with E-state index in [-0.39, 0.29) is 6.04 Å². The highest BCUT2D eigenvalue weighted by Gasteiger charge is 2.28. The molecule has 2 N–H and O–H groups in total. The molecule has 1 heterocycles. The lowest BCUT2D eigenvalue weighted by atomic mass is 10.0. The van der Waals surface area contributed by atoms with Crippen LogP contribution in [0.2, 0.25) is 5.02 Å². The Balaban J connectivity index is 2.12. The first-order valence-corrected chi connectivity index (χ1v) is 7.99. The molecule has 1 aromatic carbocycles. The molecule has 1 aromatic rings. The van der Waals surface area contributed by atoms with E-state index in [1.807, 2.05) is 12.1 Å². The number of aliphatic imine (C=N–C) groups is 1. The maximum Gasteiger partial charge on any atom is 0.191 e. The zero-order chi connectivity index (χ0) is 15.4. The van der Waals surface area contributed by atoms with Crippen LogP contribution in [0.4, 0.5) is 0 Å². The van der Waals surface area contributed by atoms with Gasteiger partial charge in [-0.15, -0.1) is 0 Å². The van der Waals surface area contributed by atoms with Crippen LogP contribution in [0.5, 0.6) is 0 Å². The van der Waals surface area contributed by atoms with Crippen LogP contribution in [0.25, 0.3) is 0 Å². The average molecular weight is 309 g/mol. The molecule has 0 spiro atoms. The van der Waals surface area contributed by atoms with Gasteiger partial charge in [0, 0.05) is 18.1 Å². The SMILES string of the molecule is CCN(CC)CCN1C(N)=NCC1c1ccc(Cl)cc1C. The van der Waals surface area contributed by atoms with E-state index < -0.39 is 0 Å². The third-order valence-electron chi connectivity index (χ3n) is 4.24. The van der Waals surface area contributed by atoms with Gasteiger partial charge in [-0.3, -0.25) is 4.99 Å². The smallest absolute Gasteiger partial charge is 0.191 e. The summed E-state index contributed by atoms with van der Waals surface area (Å²) in [6.07, 6.45) is 0. The Labute approximate surface area is 132 Å². The number of rotatable bonds is 6. The van der Waals surface area contributed by atoms with Crippen molar-refractivity contribution in [3.63, 3.8) is 0 Å². The predicted molar refractivity (Wildman–Crippen MR) is 89.9 cm³/mol. The lowest BCUT2D eigenvalue weighted by Gasteiger charge is -2.30. The molecule has 0 saturated heterocycles. The number of hydrogen-bond donors (Lipinski definition) is 1. The fraction of sp³-hybridized carbons (Fsp3) is 0.562. The molecule has 116 valence electrons. The molecule has 4 nitrogen and oxygen atoms in total. The number of likely N-dealkylation sites (N-methyl/N-ethyl adjacent to an activating group) is 1. The number of benzene rings is 1. The van der Waals surface area contributed by atoms with Crippen molar-refractivity contribution in [1.29, 1.82) is 0 Å². The van der Waals surface area contributed by atoms with Crippen LogP contribution in [0.1, 0.15) is 31.0 Å². The number of nitrogens with zero attached hydrogens (tertiary/aromatic N) is 3. The summed E-state index contributed by atoms with van der Waals surface area (Å²) in [6.45, 7) is 11.2. The zero-order valence-electron chi connectivity index (χ0n) is 13.1. The van der Waals surface area contributed by atoms with E-state index in [4.69, 9.17) is 17.3 Å². The normalized spacial score (nSPS) is 18.4. The van der Waals surface area contributed by atoms with Crippen molar-refractivity contribution in [2.75, 3.05) is 32.7 Å². The molecule has 5 heteroatoms. The minimum atomic E-state index is 0.234. The lowest BCUT2D eigenvalue weighted by molar-refractivity contribution is 0.248. The van der Waals surface area contributed by atoms with E-state index in [1.165, 1.54) is 11.1 Å². The number of halogens is 1. The first-order chi connectivity index (χ1) is 10.1. The Morgan fingerprint density at radius 2 is 2.10 bits per heavy atom. The summed E-state index contributed by atoms with van der Waals surface area (Å²) in [5.74, 6) is 0.654. The third-order valence-corrected chi connectivity index (χ3v) is 4.47. The van der Waals surface area contributed by atoms with Gasteiger partial charge in [0.05, 0.1) is 12.6 Å². The van der Waals surface area contributed by atoms with E-state index >= 15 is 0 Å². The molecule has 21 heavy (non-hydrogen) atoms. The monoisotopic (exact) mass is 308 g/mol. The van der Waals surface area contributed by atoms with Crippen molar-refractivity contribution >= 4 is 17.6 Å². The van der Waals surface area contributed by atoms with E-state index in [2.05, 4.69) is 41.6 Å². The van der Waals surface area contributed by atoms with Crippen molar-refractivity contribution in [3.8, 4) is 0 Å². The zero-order valence-corrected chi connectivity index (χ0v) is 13.9. The van der Waals surface area contributed by atoms with Crippen LogP contribution in [-0.2, 0) is 0 Å². The van der Waals surface area contributed by atoms with Gasteiger partial charge in [-0.2, -0.15) is 0 Å². The van der Waals surface area contributed by atoms with Crippen LogP contribution >= 0.6 is 11.6 Å². The third kappa shape index (κ3) is 3.69. The summed E-state index contributed by atoms with van der Waals surface area (Å²) in [7, 11) is 0. The summed E-state index contributed by atoms with van der Waals surface area (Å²) in [5, 5.41) is 0.776. The van der Waals surface area contributed by atoms with Gasteiger partial charge in [-0.05, 0) is 43.3 Å². The maximum atomic E-state index is 6.09. The van der Waals surface area contributed by atoms with Gasteiger partial charge in [0.2, 0.25) is 0 Å². The Morgan fingerprint density at radius 1 is 1.38 bits per heavy atom. The number of hydrogen-bond acceptors (Lipinski definition) is 4. The van der Waals surface area contributed by atoms with Crippen molar-refractivity contribution < 1.29 is 0 Å². The molecule has 0 fully saturated rings. The van der Waals surface area contributed by atoms with Crippen LogP contribution in [0.3, 0.4) is 0 Å². The van der Waals surface area contributed by atoms with Crippen molar-refractivity contribution in [2.24, 2.45) is 10.7 Å². The van der Waals surface area contributed by atoms with Gasteiger partial charge >= 0.3 is 0 Å². The van der Waals surface area contributed by atoms with Crippen LogP contribution in [0.15, 0.2) is 23.2 Å². The van der Waals surface area contributed by atoms with E-state index in [0.717, 1.165) is 37.7 Å². The molecule has 0 amide bonds. The Hall–Kier alpha value is -1.26. The van der Waals surface area contributed by atoms with Crippen molar-refractivity contribution in [2.45, 2.75) is 26.8 Å². The molecule has 1 aliphatic heterocycles. The molecular formula is C16H25ClN4. The van der Waals surface area contributed by atoms with Gasteiger partial charge < -0.3 is 15.5 Å². The minimum Gasteiger partial charge on any atom is -0.370 e. The second-order valence-electron chi connectivity index (χ2n) is 5.44.